The first-order valence-electron chi connectivity index (χ1n) is 16.8. The number of carbonyl (C=O) groups excluding carboxylic acids is 1. The van der Waals surface area contributed by atoms with E-state index in [0.717, 1.165) is 47.4 Å². The fourth-order valence-corrected chi connectivity index (χ4v) is 6.32. The summed E-state index contributed by atoms with van der Waals surface area (Å²) in [7, 11) is -2.84. The largest absolute Gasteiger partial charge is 0.496 e. The first-order valence-corrected chi connectivity index (χ1v) is 18.6. The van der Waals surface area contributed by atoms with Crippen LogP contribution in [0, 0.1) is 13.8 Å². The minimum Gasteiger partial charge on any atom is -0.496 e. The van der Waals surface area contributed by atoms with Crippen molar-refractivity contribution in [3.8, 4) is 11.5 Å². The molecule has 1 heterocycles. The summed E-state index contributed by atoms with van der Waals surface area (Å²) >= 11 is 0. The predicted molar refractivity (Wildman–Crippen MR) is 180 cm³/mol. The second-order valence-electron chi connectivity index (χ2n) is 12.3. The van der Waals surface area contributed by atoms with Gasteiger partial charge in [0.15, 0.2) is 0 Å². The number of aryl methyl sites for hydroxylation is 1. The molecule has 0 bridgehead atoms. The zero-order valence-corrected chi connectivity index (χ0v) is 28.8. The minimum atomic E-state index is -4.47. The number of unbranched alkanes of at least 4 members (excludes halogenated alkanes) is 12. The van der Waals surface area contributed by atoms with Crippen LogP contribution < -0.4 is 14.8 Å². The Morgan fingerprint density at radius 2 is 1.47 bits per heavy atom. The molecule has 4 N–H and O–H groups in total. The highest BCUT2D eigenvalue weighted by Gasteiger charge is 2.28. The zero-order valence-electron chi connectivity index (χ0n) is 27.9. The lowest BCUT2D eigenvalue weighted by Gasteiger charge is -2.25. The summed E-state index contributed by atoms with van der Waals surface area (Å²) < 4.78 is 23.0. The summed E-state index contributed by atoms with van der Waals surface area (Å²) in [5.74, 6) is 1.19. The number of aliphatic hydroxyl groups excluding tert-OH is 1. The highest BCUT2D eigenvalue weighted by atomic mass is 31.2. The van der Waals surface area contributed by atoms with Gasteiger partial charge in [-0.15, -0.1) is 0 Å². The third-order valence-electron chi connectivity index (χ3n) is 8.25. The Balaban J connectivity index is 1.79. The molecule has 0 aliphatic carbocycles. The summed E-state index contributed by atoms with van der Waals surface area (Å²) in [5.41, 5.74) is 3.44. The van der Waals surface area contributed by atoms with E-state index in [-0.39, 0.29) is 18.9 Å². The van der Waals surface area contributed by atoms with Gasteiger partial charge in [0.2, 0.25) is 5.91 Å². The summed E-state index contributed by atoms with van der Waals surface area (Å²) in [6, 6.07) is 6.39. The predicted octanol–water partition coefficient (Wildman–Crippen LogP) is 7.33. The molecule has 0 aliphatic heterocycles. The number of benzene rings is 1. The number of carbonyl (C=O) groups is 1. The third-order valence-corrected chi connectivity index (χ3v) is 9.10. The highest BCUT2D eigenvalue weighted by Crippen LogP contribution is 2.36. The second kappa shape index (κ2) is 21.4. The molecular formula is C35H57N2O7P. The summed E-state index contributed by atoms with van der Waals surface area (Å²) in [5, 5.41) is 13.5. The number of amides is 1. The molecule has 2 rings (SSSR count). The SMILES string of the molecule is CCCCCCCCCCCCCCCC(=O)N[C@H](Cc1ccc(OCc2ncc(C)c(OC)c2C)cc1)[C@H](O)CP(=O)(O)O. The van der Waals surface area contributed by atoms with Crippen molar-refractivity contribution in [3.05, 3.63) is 52.8 Å². The van der Waals surface area contributed by atoms with Crippen molar-refractivity contribution in [2.75, 3.05) is 13.3 Å². The first-order chi connectivity index (χ1) is 21.5. The Bertz CT molecular complexity index is 1170. The van der Waals surface area contributed by atoms with Crippen LogP contribution in [0.1, 0.15) is 119 Å². The number of nitrogens with zero attached hydrogens (tertiary/aromatic N) is 1. The number of aromatic nitrogens is 1. The van der Waals surface area contributed by atoms with Gasteiger partial charge in [0, 0.05) is 23.7 Å². The van der Waals surface area contributed by atoms with Crippen LogP contribution in [0.15, 0.2) is 30.5 Å². The Labute approximate surface area is 270 Å². The molecule has 2 aromatic rings. The summed E-state index contributed by atoms with van der Waals surface area (Å²) in [4.78, 5) is 36.1. The van der Waals surface area contributed by atoms with Crippen LogP contribution in [-0.4, -0.2) is 51.2 Å². The Kier molecular flexibility index (Phi) is 18.4. The van der Waals surface area contributed by atoms with E-state index in [4.69, 9.17) is 9.47 Å². The molecule has 1 aromatic carbocycles. The molecular weight excluding hydrogens is 591 g/mol. The number of methoxy groups -OCH3 is 1. The number of nitrogens with one attached hydrogen (secondary N) is 1. The molecule has 0 unspecified atom stereocenters. The smallest absolute Gasteiger partial charge is 0.328 e. The van der Waals surface area contributed by atoms with E-state index in [1.165, 1.54) is 64.2 Å². The van der Waals surface area contributed by atoms with Gasteiger partial charge in [0.25, 0.3) is 0 Å². The summed E-state index contributed by atoms with van der Waals surface area (Å²) in [6.07, 6.45) is 16.0. The molecule has 0 fully saturated rings. The molecule has 0 spiro atoms. The Morgan fingerprint density at radius 1 is 0.911 bits per heavy atom. The van der Waals surface area contributed by atoms with Crippen molar-refractivity contribution in [2.24, 2.45) is 0 Å². The van der Waals surface area contributed by atoms with E-state index >= 15 is 0 Å². The van der Waals surface area contributed by atoms with Crippen LogP contribution in [0.3, 0.4) is 0 Å². The normalized spacial score (nSPS) is 13.0. The van der Waals surface area contributed by atoms with Gasteiger partial charge in [0.1, 0.15) is 18.1 Å². The van der Waals surface area contributed by atoms with E-state index < -0.39 is 25.9 Å². The van der Waals surface area contributed by atoms with Crippen LogP contribution in [0.25, 0.3) is 0 Å². The lowest BCUT2D eigenvalue weighted by Crippen LogP contribution is -2.46. The lowest BCUT2D eigenvalue weighted by atomic mass is 10.0. The van der Waals surface area contributed by atoms with Crippen molar-refractivity contribution in [2.45, 2.75) is 136 Å². The van der Waals surface area contributed by atoms with Crippen molar-refractivity contribution in [1.29, 1.82) is 0 Å². The van der Waals surface area contributed by atoms with Gasteiger partial charge in [-0.2, -0.15) is 0 Å². The third kappa shape index (κ3) is 16.1. The van der Waals surface area contributed by atoms with Crippen LogP contribution >= 0.6 is 7.60 Å². The molecule has 0 radical (unpaired) electrons. The highest BCUT2D eigenvalue weighted by molar-refractivity contribution is 7.51. The van der Waals surface area contributed by atoms with Gasteiger partial charge >= 0.3 is 7.60 Å². The van der Waals surface area contributed by atoms with Crippen LogP contribution in [0.2, 0.25) is 0 Å². The minimum absolute atomic E-state index is 0.218. The number of hydrogen-bond donors (Lipinski definition) is 4. The van der Waals surface area contributed by atoms with Crippen LogP contribution in [0.4, 0.5) is 0 Å². The maximum atomic E-state index is 12.7. The van der Waals surface area contributed by atoms with Gasteiger partial charge in [-0.25, -0.2) is 0 Å². The second-order valence-corrected chi connectivity index (χ2v) is 14.0. The molecule has 1 aromatic heterocycles. The quantitative estimate of drug-likeness (QED) is 0.0686. The van der Waals surface area contributed by atoms with E-state index in [1.54, 1.807) is 25.4 Å². The van der Waals surface area contributed by atoms with Gasteiger partial charge < -0.3 is 29.7 Å². The van der Waals surface area contributed by atoms with Crippen molar-refractivity contribution >= 4 is 13.5 Å². The molecule has 254 valence electrons. The van der Waals surface area contributed by atoms with Crippen LogP contribution in [0.5, 0.6) is 11.5 Å². The molecule has 2 atom stereocenters. The number of pyridine rings is 1. The van der Waals surface area contributed by atoms with E-state index in [2.05, 4.69) is 17.2 Å². The maximum absolute atomic E-state index is 12.7. The topological polar surface area (TPSA) is 138 Å². The Morgan fingerprint density at radius 3 is 2.00 bits per heavy atom. The average Bonchev–Trinajstić information content (AvgIpc) is 2.99. The molecule has 9 nitrogen and oxygen atoms in total. The number of aliphatic hydroxyl groups is 1. The fourth-order valence-electron chi connectivity index (χ4n) is 5.58. The molecule has 0 saturated heterocycles. The van der Waals surface area contributed by atoms with Crippen LogP contribution in [-0.2, 0) is 22.4 Å². The number of ether oxygens (including phenoxy) is 2. The van der Waals surface area contributed by atoms with Gasteiger partial charge in [-0.3, -0.25) is 14.3 Å². The fraction of sp³-hybridized carbons (Fsp3) is 0.657. The first kappa shape index (κ1) is 38.7. The molecule has 1 amide bonds. The monoisotopic (exact) mass is 648 g/mol. The van der Waals surface area contributed by atoms with Crippen molar-refractivity contribution in [3.63, 3.8) is 0 Å². The van der Waals surface area contributed by atoms with Gasteiger partial charge in [-0.1, -0.05) is 96.1 Å². The standard InChI is InChI=1S/C35H57N2O7P/c1-5-6-7-8-9-10-11-12-13-14-15-16-17-18-34(39)37-31(33(38)26-45(40,41)42)23-29-19-21-30(22-20-29)44-25-32-28(3)35(43-4)27(2)24-36-32/h19-22,24,31,33,38H,5-18,23,25-26H2,1-4H3,(H,37,39)(H2,40,41,42)/t31-,33-/m1/s1. The van der Waals surface area contributed by atoms with Crippen molar-refractivity contribution < 1.29 is 33.7 Å². The number of rotatable bonds is 24. The van der Waals surface area contributed by atoms with E-state index in [1.807, 2.05) is 26.0 Å². The van der Waals surface area contributed by atoms with Crippen molar-refractivity contribution in [1.82, 2.24) is 10.3 Å². The molecule has 45 heavy (non-hydrogen) atoms. The zero-order chi connectivity index (χ0) is 33.1. The van der Waals surface area contributed by atoms with E-state index in [9.17, 15) is 24.3 Å². The van der Waals surface area contributed by atoms with Gasteiger partial charge in [0.05, 0.1) is 31.1 Å². The number of hydrogen-bond acceptors (Lipinski definition) is 6. The molecule has 0 saturated carbocycles. The lowest BCUT2D eigenvalue weighted by molar-refractivity contribution is -0.122. The molecule has 10 heteroatoms. The Hall–Kier alpha value is -2.45. The molecule has 0 aliphatic rings. The summed E-state index contributed by atoms with van der Waals surface area (Å²) in [6.45, 7) is 6.39. The van der Waals surface area contributed by atoms with E-state index in [0.29, 0.717) is 12.2 Å². The maximum Gasteiger partial charge on any atom is 0.328 e. The average molecular weight is 649 g/mol. The van der Waals surface area contributed by atoms with Gasteiger partial charge in [-0.05, 0) is 44.4 Å².